The molecule has 20 heavy (non-hydrogen) atoms. The Bertz CT molecular complexity index is 434. The molecule has 1 aromatic carbocycles. The highest BCUT2D eigenvalue weighted by molar-refractivity contribution is 5.91. The first-order valence-electron chi connectivity index (χ1n) is 6.91. The van der Waals surface area contributed by atoms with Gasteiger partial charge in [-0.1, -0.05) is 19.1 Å². The van der Waals surface area contributed by atoms with Gasteiger partial charge in [0.05, 0.1) is 18.8 Å². The van der Waals surface area contributed by atoms with Crippen LogP contribution >= 0.6 is 0 Å². The lowest BCUT2D eigenvalue weighted by Crippen LogP contribution is -2.35. The fourth-order valence-electron chi connectivity index (χ4n) is 1.63. The van der Waals surface area contributed by atoms with Crippen molar-refractivity contribution in [2.45, 2.75) is 39.3 Å². The van der Waals surface area contributed by atoms with Gasteiger partial charge in [-0.3, -0.25) is 4.79 Å². The standard InChI is InChI=1S/C16H23NO3/c1-4-14(11-18)17-16(19)10-7-13-5-8-15(9-6-13)20-12(2)3/h5-10,12,14,18H,4,11H2,1-3H3,(H,17,19)/b10-7+. The molecule has 0 heterocycles. The average Bonchev–Trinajstić information content (AvgIpc) is 2.43. The van der Waals surface area contributed by atoms with Gasteiger partial charge in [-0.2, -0.15) is 0 Å². The highest BCUT2D eigenvalue weighted by Gasteiger charge is 2.05. The van der Waals surface area contributed by atoms with Gasteiger partial charge in [-0.25, -0.2) is 0 Å². The van der Waals surface area contributed by atoms with Gasteiger partial charge in [0.25, 0.3) is 0 Å². The highest BCUT2D eigenvalue weighted by atomic mass is 16.5. The van der Waals surface area contributed by atoms with Crippen LogP contribution in [0.3, 0.4) is 0 Å². The van der Waals surface area contributed by atoms with E-state index in [1.54, 1.807) is 6.08 Å². The van der Waals surface area contributed by atoms with E-state index in [1.165, 1.54) is 6.08 Å². The Morgan fingerprint density at radius 2 is 2.00 bits per heavy atom. The van der Waals surface area contributed by atoms with Crippen molar-refractivity contribution in [3.63, 3.8) is 0 Å². The van der Waals surface area contributed by atoms with E-state index < -0.39 is 0 Å². The fraction of sp³-hybridized carbons (Fsp3) is 0.438. The maximum Gasteiger partial charge on any atom is 0.244 e. The SMILES string of the molecule is CCC(CO)NC(=O)/C=C/c1ccc(OC(C)C)cc1. The summed E-state index contributed by atoms with van der Waals surface area (Å²) in [5.41, 5.74) is 0.924. The molecule has 0 aliphatic rings. The maximum absolute atomic E-state index is 11.6. The Morgan fingerprint density at radius 1 is 1.35 bits per heavy atom. The first-order valence-corrected chi connectivity index (χ1v) is 6.91. The van der Waals surface area contributed by atoms with Crippen LogP contribution in [0.5, 0.6) is 5.75 Å². The summed E-state index contributed by atoms with van der Waals surface area (Å²) in [5, 5.41) is 11.7. The Labute approximate surface area is 120 Å². The number of benzene rings is 1. The van der Waals surface area contributed by atoms with Crippen LogP contribution in [0.2, 0.25) is 0 Å². The largest absolute Gasteiger partial charge is 0.491 e. The molecule has 0 fully saturated rings. The summed E-state index contributed by atoms with van der Waals surface area (Å²) in [7, 11) is 0. The van der Waals surface area contributed by atoms with Crippen molar-refractivity contribution < 1.29 is 14.6 Å². The van der Waals surface area contributed by atoms with Crippen molar-refractivity contribution >= 4 is 12.0 Å². The third-order valence-electron chi connectivity index (χ3n) is 2.74. The van der Waals surface area contributed by atoms with Crippen LogP contribution in [-0.4, -0.2) is 29.8 Å². The van der Waals surface area contributed by atoms with Crippen LogP contribution in [0, 0.1) is 0 Å². The molecule has 0 radical (unpaired) electrons. The van der Waals surface area contributed by atoms with Gasteiger partial charge in [0.2, 0.25) is 5.91 Å². The van der Waals surface area contributed by atoms with E-state index in [0.717, 1.165) is 11.3 Å². The summed E-state index contributed by atoms with van der Waals surface area (Å²) in [5.74, 6) is 0.612. The molecule has 4 nitrogen and oxygen atoms in total. The second kappa shape index (κ2) is 8.38. The van der Waals surface area contributed by atoms with Gasteiger partial charge >= 0.3 is 0 Å². The van der Waals surface area contributed by atoms with Crippen molar-refractivity contribution in [1.82, 2.24) is 5.32 Å². The molecule has 1 atom stereocenters. The minimum Gasteiger partial charge on any atom is -0.491 e. The summed E-state index contributed by atoms with van der Waals surface area (Å²) in [4.78, 5) is 11.6. The quantitative estimate of drug-likeness (QED) is 0.752. The lowest BCUT2D eigenvalue weighted by atomic mass is 10.2. The lowest BCUT2D eigenvalue weighted by Gasteiger charge is -2.11. The maximum atomic E-state index is 11.6. The van der Waals surface area contributed by atoms with E-state index in [-0.39, 0.29) is 24.7 Å². The summed E-state index contributed by atoms with van der Waals surface area (Å²) in [6.45, 7) is 5.82. The molecule has 0 aliphatic carbocycles. The molecule has 0 saturated carbocycles. The van der Waals surface area contributed by atoms with E-state index in [0.29, 0.717) is 6.42 Å². The van der Waals surface area contributed by atoms with Crippen molar-refractivity contribution in [1.29, 1.82) is 0 Å². The zero-order chi connectivity index (χ0) is 15.0. The summed E-state index contributed by atoms with van der Waals surface area (Å²) >= 11 is 0. The van der Waals surface area contributed by atoms with Gasteiger partial charge in [-0.15, -0.1) is 0 Å². The highest BCUT2D eigenvalue weighted by Crippen LogP contribution is 2.14. The molecule has 1 rings (SSSR count). The normalized spacial score (nSPS) is 12.7. The van der Waals surface area contributed by atoms with E-state index in [4.69, 9.17) is 9.84 Å². The minimum atomic E-state index is -0.201. The van der Waals surface area contributed by atoms with Gasteiger partial charge in [0.15, 0.2) is 0 Å². The van der Waals surface area contributed by atoms with Gasteiger partial charge < -0.3 is 15.2 Å². The van der Waals surface area contributed by atoms with Crippen LogP contribution in [0.15, 0.2) is 30.3 Å². The number of hydrogen-bond acceptors (Lipinski definition) is 3. The molecule has 1 aromatic rings. The number of ether oxygens (including phenoxy) is 1. The molecule has 1 amide bonds. The fourth-order valence-corrected chi connectivity index (χ4v) is 1.63. The Hall–Kier alpha value is -1.81. The number of carbonyl (C=O) groups is 1. The number of nitrogens with one attached hydrogen (secondary N) is 1. The Morgan fingerprint density at radius 3 is 2.50 bits per heavy atom. The summed E-state index contributed by atoms with van der Waals surface area (Å²) in [6.07, 6.45) is 4.05. The van der Waals surface area contributed by atoms with Crippen molar-refractivity contribution in [3.8, 4) is 5.75 Å². The van der Waals surface area contributed by atoms with E-state index in [1.807, 2.05) is 45.0 Å². The summed E-state index contributed by atoms with van der Waals surface area (Å²) < 4.78 is 5.55. The topological polar surface area (TPSA) is 58.6 Å². The third-order valence-corrected chi connectivity index (χ3v) is 2.74. The van der Waals surface area contributed by atoms with Crippen LogP contribution < -0.4 is 10.1 Å². The second-order valence-corrected chi connectivity index (χ2v) is 4.87. The number of hydrogen-bond donors (Lipinski definition) is 2. The number of aliphatic hydroxyl groups is 1. The number of rotatable bonds is 7. The van der Waals surface area contributed by atoms with Crippen molar-refractivity contribution in [2.24, 2.45) is 0 Å². The molecule has 4 heteroatoms. The predicted molar refractivity (Wildman–Crippen MR) is 80.5 cm³/mol. The van der Waals surface area contributed by atoms with Gasteiger partial charge in [-0.05, 0) is 44.0 Å². The Balaban J connectivity index is 2.55. The molecule has 0 bridgehead atoms. The van der Waals surface area contributed by atoms with Gasteiger partial charge in [0, 0.05) is 6.08 Å². The molecule has 1 unspecified atom stereocenters. The zero-order valence-electron chi connectivity index (χ0n) is 12.3. The zero-order valence-corrected chi connectivity index (χ0v) is 12.3. The second-order valence-electron chi connectivity index (χ2n) is 4.87. The van der Waals surface area contributed by atoms with E-state index >= 15 is 0 Å². The van der Waals surface area contributed by atoms with E-state index in [2.05, 4.69) is 5.32 Å². The molecule has 0 aliphatic heterocycles. The molecule has 2 N–H and O–H groups in total. The van der Waals surface area contributed by atoms with Crippen molar-refractivity contribution in [3.05, 3.63) is 35.9 Å². The number of carbonyl (C=O) groups excluding carboxylic acids is 1. The van der Waals surface area contributed by atoms with Crippen LogP contribution in [-0.2, 0) is 4.79 Å². The summed E-state index contributed by atoms with van der Waals surface area (Å²) in [6, 6.07) is 7.35. The Kier molecular flexibility index (Phi) is 6.81. The van der Waals surface area contributed by atoms with Crippen molar-refractivity contribution in [2.75, 3.05) is 6.61 Å². The smallest absolute Gasteiger partial charge is 0.244 e. The van der Waals surface area contributed by atoms with Crippen LogP contribution in [0.25, 0.3) is 6.08 Å². The number of amides is 1. The first-order chi connectivity index (χ1) is 9.55. The molecule has 110 valence electrons. The predicted octanol–water partition coefficient (Wildman–Crippen LogP) is 2.37. The molecule has 0 aromatic heterocycles. The first kappa shape index (κ1) is 16.2. The molecule has 0 spiro atoms. The average molecular weight is 277 g/mol. The van der Waals surface area contributed by atoms with E-state index in [9.17, 15) is 4.79 Å². The van der Waals surface area contributed by atoms with Gasteiger partial charge in [0.1, 0.15) is 5.75 Å². The molecular weight excluding hydrogens is 254 g/mol. The molecular formula is C16H23NO3. The van der Waals surface area contributed by atoms with Crippen LogP contribution in [0.1, 0.15) is 32.8 Å². The van der Waals surface area contributed by atoms with Crippen LogP contribution in [0.4, 0.5) is 0 Å². The molecule has 0 saturated heterocycles. The number of aliphatic hydroxyl groups excluding tert-OH is 1. The third kappa shape index (κ3) is 5.89. The minimum absolute atomic E-state index is 0.0443. The monoisotopic (exact) mass is 277 g/mol. The lowest BCUT2D eigenvalue weighted by molar-refractivity contribution is -0.117.